The molecular weight excluding hydrogens is 496 g/mol. The Hall–Kier alpha value is -2.32. The zero-order valence-electron chi connectivity index (χ0n) is 18.8. The second-order valence-electron chi connectivity index (χ2n) is 7.12. The molecule has 0 spiro atoms. The van der Waals surface area contributed by atoms with E-state index in [1.807, 2.05) is 0 Å². The molecule has 0 bridgehead atoms. The monoisotopic (exact) mass is 530 g/mol. The zero-order valence-corrected chi connectivity index (χ0v) is 18.8. The molecule has 1 rings (SSSR count). The number of aliphatic hydroxyl groups is 12. The Bertz CT molecular complexity index is 657. The van der Waals surface area contributed by atoms with Gasteiger partial charge in [0.2, 0.25) is 0 Å². The average Bonchev–Trinajstić information content (AvgIpc) is 2.89. The van der Waals surface area contributed by atoms with Crippen LogP contribution in [0.25, 0.3) is 0 Å². The van der Waals surface area contributed by atoms with Gasteiger partial charge in [-0.25, -0.2) is 9.59 Å². The summed E-state index contributed by atoms with van der Waals surface area (Å²) < 4.78 is 0. The molecule has 0 unspecified atom stereocenters. The molecule has 0 saturated heterocycles. The third-order valence-corrected chi connectivity index (χ3v) is 4.41. The molecule has 0 aliphatic carbocycles. The molecule has 16 nitrogen and oxygen atoms in total. The average molecular weight is 530 g/mol. The van der Waals surface area contributed by atoms with Crippen LogP contribution < -0.4 is 0 Å². The summed E-state index contributed by atoms with van der Waals surface area (Å²) in [4.78, 5) is 20.9. The number of carboxylic acid groups (broad SMARTS) is 2. The third-order valence-electron chi connectivity index (χ3n) is 4.41. The number of hydrogen-bond donors (Lipinski definition) is 14. The number of hydrogen-bond acceptors (Lipinski definition) is 14. The van der Waals surface area contributed by atoms with Gasteiger partial charge >= 0.3 is 11.9 Å². The van der Waals surface area contributed by atoms with Crippen molar-refractivity contribution in [2.75, 3.05) is 26.4 Å². The second kappa shape index (κ2) is 18.9. The van der Waals surface area contributed by atoms with Gasteiger partial charge < -0.3 is 71.5 Å². The summed E-state index contributed by atoms with van der Waals surface area (Å²) in [7, 11) is 0. The van der Waals surface area contributed by atoms with Crippen LogP contribution in [0.3, 0.4) is 0 Å². The normalized spacial score (nSPS) is 17.4. The molecule has 1 aromatic carbocycles. The quantitative estimate of drug-likeness (QED) is 0.119. The van der Waals surface area contributed by atoms with Crippen LogP contribution in [0.4, 0.5) is 0 Å². The van der Waals surface area contributed by atoms with E-state index >= 15 is 0 Å². The summed E-state index contributed by atoms with van der Waals surface area (Å²) in [5, 5.41) is 121. The molecule has 0 saturated carbocycles. The number of aromatic carboxylic acids is 2. The molecule has 16 heteroatoms. The van der Waals surface area contributed by atoms with Crippen molar-refractivity contribution in [3.63, 3.8) is 0 Å². The second-order valence-corrected chi connectivity index (χ2v) is 7.12. The molecule has 36 heavy (non-hydrogen) atoms. The fraction of sp³-hybridized carbons (Fsp3) is 0.600. The Labute approximate surface area is 204 Å². The maximum Gasteiger partial charge on any atom is 0.336 e. The van der Waals surface area contributed by atoms with E-state index in [2.05, 4.69) is 0 Å². The lowest BCUT2D eigenvalue weighted by Crippen LogP contribution is -2.46. The Morgan fingerprint density at radius 1 is 0.500 bits per heavy atom. The van der Waals surface area contributed by atoms with Gasteiger partial charge in [-0.1, -0.05) is 12.1 Å². The van der Waals surface area contributed by atoms with Gasteiger partial charge in [0, 0.05) is 0 Å². The first-order valence-electron chi connectivity index (χ1n) is 10.1. The van der Waals surface area contributed by atoms with E-state index in [0.717, 1.165) is 0 Å². The van der Waals surface area contributed by atoms with Gasteiger partial charge in [-0.15, -0.1) is 0 Å². The van der Waals surface area contributed by atoms with Crippen molar-refractivity contribution in [3.8, 4) is 0 Å². The lowest BCUT2D eigenvalue weighted by Gasteiger charge is -2.24. The number of aliphatic hydroxyl groups excluding tert-OH is 12. The maximum atomic E-state index is 10.5. The lowest BCUT2D eigenvalue weighted by atomic mass is 10.0. The molecule has 210 valence electrons. The highest BCUT2D eigenvalue weighted by molar-refractivity contribution is 6.01. The molecule has 0 radical (unpaired) electrons. The van der Waals surface area contributed by atoms with E-state index in [0.29, 0.717) is 0 Å². The van der Waals surface area contributed by atoms with E-state index in [1.165, 1.54) is 24.3 Å². The molecule has 1 aromatic rings. The molecule has 0 aliphatic heterocycles. The summed E-state index contributed by atoms with van der Waals surface area (Å²) >= 11 is 0. The maximum absolute atomic E-state index is 10.5. The van der Waals surface area contributed by atoms with Gasteiger partial charge in [-0.05, 0) is 12.1 Å². The SMILES string of the molecule is O=C(O)c1ccccc1C(=O)O.OC[C@@H](O)[C@@H](O)[C@H](O)[C@H](O)CO.OC[C@@H](O)[C@@H](O)[C@H](O)[C@H](O)CO. The lowest BCUT2D eigenvalue weighted by molar-refractivity contribution is -0.123. The van der Waals surface area contributed by atoms with Gasteiger partial charge in [-0.3, -0.25) is 0 Å². The van der Waals surface area contributed by atoms with E-state index in [9.17, 15) is 9.59 Å². The smallest absolute Gasteiger partial charge is 0.336 e. The summed E-state index contributed by atoms with van der Waals surface area (Å²) in [5.74, 6) is -2.46. The minimum Gasteiger partial charge on any atom is -0.478 e. The standard InChI is InChI=1S/C8H6O4.2C6H14O6/c9-7(10)5-3-1-2-4-6(5)8(11)12;2*7-1-3(9)5(11)6(12)4(10)2-8/h1-4H,(H,9,10)(H,11,12);2*3-12H,1-2H2/t;2*3-,4-,5-,6-/m.11/s1. The van der Waals surface area contributed by atoms with Crippen molar-refractivity contribution in [2.45, 2.75) is 48.8 Å². The van der Waals surface area contributed by atoms with Crippen LogP contribution >= 0.6 is 0 Å². The molecule has 14 N–H and O–H groups in total. The number of carboxylic acids is 2. The van der Waals surface area contributed by atoms with Crippen LogP contribution in [-0.2, 0) is 0 Å². The van der Waals surface area contributed by atoms with Gasteiger partial charge in [0.25, 0.3) is 0 Å². The molecule has 0 amide bonds. The number of benzene rings is 1. The van der Waals surface area contributed by atoms with Crippen molar-refractivity contribution in [1.29, 1.82) is 0 Å². The van der Waals surface area contributed by atoms with E-state index in [4.69, 9.17) is 71.5 Å². The highest BCUT2D eigenvalue weighted by Crippen LogP contribution is 2.08. The summed E-state index contributed by atoms with van der Waals surface area (Å²) in [5.41, 5.74) is -0.380. The van der Waals surface area contributed by atoms with E-state index in [-0.39, 0.29) is 11.1 Å². The third kappa shape index (κ3) is 12.6. The van der Waals surface area contributed by atoms with Crippen LogP contribution in [0.15, 0.2) is 24.3 Å². The highest BCUT2D eigenvalue weighted by atomic mass is 16.4. The Morgan fingerprint density at radius 2 is 0.694 bits per heavy atom. The van der Waals surface area contributed by atoms with Crippen molar-refractivity contribution in [2.24, 2.45) is 0 Å². The molecule has 8 atom stereocenters. The zero-order chi connectivity index (χ0) is 28.6. The first kappa shape index (κ1) is 35.8. The minimum atomic E-state index is -1.67. The predicted octanol–water partition coefficient (Wildman–Crippen LogP) is -6.09. The first-order valence-corrected chi connectivity index (χ1v) is 10.1. The fourth-order valence-corrected chi connectivity index (χ4v) is 2.20. The molecule has 0 heterocycles. The Morgan fingerprint density at radius 3 is 0.833 bits per heavy atom. The minimum absolute atomic E-state index is 0.190. The van der Waals surface area contributed by atoms with E-state index < -0.39 is 87.2 Å². The van der Waals surface area contributed by atoms with E-state index in [1.54, 1.807) is 0 Å². The molecular formula is C20H34O16. The van der Waals surface area contributed by atoms with Gasteiger partial charge in [0.1, 0.15) is 48.8 Å². The van der Waals surface area contributed by atoms with Crippen LogP contribution in [-0.4, -0.2) is 159 Å². The predicted molar refractivity (Wildman–Crippen MR) is 117 cm³/mol. The van der Waals surface area contributed by atoms with Crippen molar-refractivity contribution in [1.82, 2.24) is 0 Å². The van der Waals surface area contributed by atoms with Crippen LogP contribution in [0.5, 0.6) is 0 Å². The Balaban J connectivity index is 0. The largest absolute Gasteiger partial charge is 0.478 e. The van der Waals surface area contributed by atoms with Gasteiger partial charge in [-0.2, -0.15) is 0 Å². The fourth-order valence-electron chi connectivity index (χ4n) is 2.20. The summed E-state index contributed by atoms with van der Waals surface area (Å²) in [6.07, 6.45) is -12.8. The number of rotatable bonds is 12. The number of carbonyl (C=O) groups is 2. The van der Waals surface area contributed by atoms with Gasteiger partial charge in [0.05, 0.1) is 37.6 Å². The van der Waals surface area contributed by atoms with Crippen LogP contribution in [0.2, 0.25) is 0 Å². The van der Waals surface area contributed by atoms with Crippen molar-refractivity contribution in [3.05, 3.63) is 35.4 Å². The summed E-state index contributed by atoms with van der Waals surface area (Å²) in [6.45, 7) is -2.90. The van der Waals surface area contributed by atoms with Crippen molar-refractivity contribution >= 4 is 11.9 Å². The first-order chi connectivity index (χ1) is 16.7. The highest BCUT2D eigenvalue weighted by Gasteiger charge is 2.30. The molecule has 0 aliphatic rings. The molecule has 0 fully saturated rings. The van der Waals surface area contributed by atoms with Crippen LogP contribution in [0.1, 0.15) is 20.7 Å². The van der Waals surface area contributed by atoms with Crippen LogP contribution in [0, 0.1) is 0 Å². The topological polar surface area (TPSA) is 317 Å². The van der Waals surface area contributed by atoms with Gasteiger partial charge in [0.15, 0.2) is 0 Å². The Kier molecular flexibility index (Phi) is 18.8. The van der Waals surface area contributed by atoms with Crippen molar-refractivity contribution < 1.29 is 81.1 Å². The molecule has 0 aromatic heterocycles. The summed E-state index contributed by atoms with van der Waals surface area (Å²) in [6, 6.07) is 5.48.